The molecule has 118 valence electrons. The molecule has 5 nitrogen and oxygen atoms in total. The highest BCUT2D eigenvalue weighted by Crippen LogP contribution is 2.26. The van der Waals surface area contributed by atoms with Crippen LogP contribution in [-0.2, 0) is 4.79 Å². The summed E-state index contributed by atoms with van der Waals surface area (Å²) in [5.41, 5.74) is 1.09. The van der Waals surface area contributed by atoms with Crippen LogP contribution in [0.15, 0.2) is 28.6 Å². The fraction of sp³-hybridized carbons (Fsp3) is 0.400. The minimum Gasteiger partial charge on any atom is -0.481 e. The molecule has 22 heavy (non-hydrogen) atoms. The summed E-state index contributed by atoms with van der Waals surface area (Å²) in [7, 11) is 0. The molecular weight excluding hydrogens is 318 g/mol. The molecule has 1 N–H and O–H groups in total. The second-order valence-electron chi connectivity index (χ2n) is 4.79. The van der Waals surface area contributed by atoms with E-state index in [0.29, 0.717) is 10.9 Å². The van der Waals surface area contributed by atoms with Crippen LogP contribution in [0.25, 0.3) is 0 Å². The summed E-state index contributed by atoms with van der Waals surface area (Å²) in [6.07, 6.45) is 0.477. The van der Waals surface area contributed by atoms with Gasteiger partial charge in [0.25, 0.3) is 5.91 Å². The normalized spacial score (nSPS) is 12.0. The van der Waals surface area contributed by atoms with Crippen molar-refractivity contribution in [2.24, 2.45) is 0 Å². The van der Waals surface area contributed by atoms with E-state index in [1.165, 1.54) is 11.3 Å². The third-order valence-corrected chi connectivity index (χ3v) is 4.92. The fourth-order valence-corrected chi connectivity index (χ4v) is 3.34. The van der Waals surface area contributed by atoms with Gasteiger partial charge in [0.1, 0.15) is 5.75 Å². The molecule has 1 aromatic heterocycles. The fourth-order valence-electron chi connectivity index (χ4n) is 1.66. The molecule has 1 atom stereocenters. The van der Waals surface area contributed by atoms with Crippen LogP contribution in [0.5, 0.6) is 5.75 Å². The summed E-state index contributed by atoms with van der Waals surface area (Å²) < 4.78 is 6.51. The van der Waals surface area contributed by atoms with Gasteiger partial charge in [-0.25, -0.2) is 0 Å². The first-order valence-electron chi connectivity index (χ1n) is 7.09. The van der Waals surface area contributed by atoms with Crippen molar-refractivity contribution in [1.29, 1.82) is 0 Å². The predicted molar refractivity (Wildman–Crippen MR) is 90.8 cm³/mol. The number of nitrogens with one attached hydrogen (secondary N) is 1. The number of hydrogen-bond acceptors (Lipinski definition) is 6. The minimum absolute atomic E-state index is 0.232. The zero-order valence-corrected chi connectivity index (χ0v) is 14.5. The molecule has 1 amide bonds. The van der Waals surface area contributed by atoms with Crippen LogP contribution in [0, 0.1) is 6.92 Å². The first-order chi connectivity index (χ1) is 10.6. The van der Waals surface area contributed by atoms with Gasteiger partial charge in [0, 0.05) is 5.75 Å². The van der Waals surface area contributed by atoms with Crippen LogP contribution in [0.4, 0.5) is 5.13 Å². The molecule has 1 aromatic carbocycles. The molecule has 0 saturated carbocycles. The standard InChI is InChI=1S/C15H19N3O2S2/c1-4-8-21-15-18-17-14(22-15)16-13(19)11(3)20-12-7-5-6-10(2)9-12/h5-7,9,11H,4,8H2,1-3H3,(H,16,17,19)/t11-/m1/s1. The second kappa shape index (κ2) is 8.14. The van der Waals surface area contributed by atoms with E-state index in [-0.39, 0.29) is 5.91 Å². The number of anilines is 1. The molecule has 0 spiro atoms. The van der Waals surface area contributed by atoms with Crippen molar-refractivity contribution in [2.75, 3.05) is 11.1 Å². The summed E-state index contributed by atoms with van der Waals surface area (Å²) in [5.74, 6) is 1.44. The van der Waals surface area contributed by atoms with Crippen LogP contribution in [0.1, 0.15) is 25.8 Å². The molecule has 0 radical (unpaired) electrons. The van der Waals surface area contributed by atoms with E-state index < -0.39 is 6.10 Å². The quantitative estimate of drug-likeness (QED) is 0.616. The number of thioether (sulfide) groups is 1. The first kappa shape index (κ1) is 16.8. The summed E-state index contributed by atoms with van der Waals surface area (Å²) in [5, 5.41) is 11.3. The second-order valence-corrected chi connectivity index (χ2v) is 7.11. The Balaban J connectivity index is 1.89. The van der Waals surface area contributed by atoms with E-state index in [0.717, 1.165) is 22.1 Å². The van der Waals surface area contributed by atoms with Gasteiger partial charge in [0.2, 0.25) is 5.13 Å². The molecule has 1 heterocycles. The lowest BCUT2D eigenvalue weighted by molar-refractivity contribution is -0.122. The molecule has 0 unspecified atom stereocenters. The Morgan fingerprint density at radius 1 is 1.45 bits per heavy atom. The van der Waals surface area contributed by atoms with Gasteiger partial charge in [-0.05, 0) is 38.0 Å². The molecule has 0 saturated heterocycles. The van der Waals surface area contributed by atoms with E-state index >= 15 is 0 Å². The van der Waals surface area contributed by atoms with Crippen LogP contribution in [-0.4, -0.2) is 28.0 Å². The van der Waals surface area contributed by atoms with Crippen LogP contribution in [0.3, 0.4) is 0 Å². The average molecular weight is 337 g/mol. The van der Waals surface area contributed by atoms with Crippen molar-refractivity contribution >= 4 is 34.1 Å². The molecule has 0 aliphatic heterocycles. The molecule has 0 aliphatic carbocycles. The van der Waals surface area contributed by atoms with Gasteiger partial charge >= 0.3 is 0 Å². The number of aromatic nitrogens is 2. The van der Waals surface area contributed by atoms with Crippen LogP contribution < -0.4 is 10.1 Å². The Morgan fingerprint density at radius 2 is 2.27 bits per heavy atom. The SMILES string of the molecule is CCCSc1nnc(NC(=O)[C@@H](C)Oc2cccc(C)c2)s1. The highest BCUT2D eigenvalue weighted by atomic mass is 32.2. The third kappa shape index (κ3) is 4.99. The van der Waals surface area contributed by atoms with E-state index in [1.54, 1.807) is 18.7 Å². The molecule has 7 heteroatoms. The summed E-state index contributed by atoms with van der Waals surface area (Å²) in [4.78, 5) is 12.1. The summed E-state index contributed by atoms with van der Waals surface area (Å²) in [6, 6.07) is 7.61. The molecule has 0 fully saturated rings. The Morgan fingerprint density at radius 3 is 3.00 bits per heavy atom. The van der Waals surface area contributed by atoms with Gasteiger partial charge in [0.15, 0.2) is 10.4 Å². The average Bonchev–Trinajstić information content (AvgIpc) is 2.92. The molecule has 2 rings (SSSR count). The topological polar surface area (TPSA) is 64.1 Å². The molecule has 0 aliphatic rings. The Kier molecular flexibility index (Phi) is 6.21. The van der Waals surface area contributed by atoms with Crippen molar-refractivity contribution in [3.05, 3.63) is 29.8 Å². The van der Waals surface area contributed by atoms with Gasteiger partial charge in [-0.15, -0.1) is 10.2 Å². The minimum atomic E-state index is -0.600. The van der Waals surface area contributed by atoms with Crippen molar-refractivity contribution < 1.29 is 9.53 Å². The Hall–Kier alpha value is -1.60. The lowest BCUT2D eigenvalue weighted by Crippen LogP contribution is -2.30. The van der Waals surface area contributed by atoms with Gasteiger partial charge in [-0.2, -0.15) is 0 Å². The Bertz CT molecular complexity index is 631. The number of ether oxygens (including phenoxy) is 1. The number of carbonyl (C=O) groups excluding carboxylic acids is 1. The Labute approximate surface area is 138 Å². The lowest BCUT2D eigenvalue weighted by atomic mass is 10.2. The number of amides is 1. The summed E-state index contributed by atoms with van der Waals surface area (Å²) >= 11 is 3.02. The lowest BCUT2D eigenvalue weighted by Gasteiger charge is -2.13. The number of aryl methyl sites for hydroxylation is 1. The van der Waals surface area contributed by atoms with Crippen molar-refractivity contribution in [3.63, 3.8) is 0 Å². The molecule has 0 bridgehead atoms. The zero-order valence-electron chi connectivity index (χ0n) is 12.8. The van der Waals surface area contributed by atoms with E-state index in [9.17, 15) is 4.79 Å². The summed E-state index contributed by atoms with van der Waals surface area (Å²) in [6.45, 7) is 5.81. The predicted octanol–water partition coefficient (Wildman–Crippen LogP) is 3.75. The van der Waals surface area contributed by atoms with Crippen molar-refractivity contribution in [1.82, 2.24) is 10.2 Å². The third-order valence-electron chi connectivity index (χ3n) is 2.74. The van der Waals surface area contributed by atoms with Gasteiger partial charge < -0.3 is 4.74 Å². The number of hydrogen-bond donors (Lipinski definition) is 1. The number of carbonyl (C=O) groups is 1. The maximum Gasteiger partial charge on any atom is 0.266 e. The van der Waals surface area contributed by atoms with Crippen molar-refractivity contribution in [3.8, 4) is 5.75 Å². The molecule has 2 aromatic rings. The highest BCUT2D eigenvalue weighted by molar-refractivity contribution is 8.01. The first-order valence-corrected chi connectivity index (χ1v) is 8.89. The number of nitrogens with zero attached hydrogens (tertiary/aromatic N) is 2. The smallest absolute Gasteiger partial charge is 0.266 e. The van der Waals surface area contributed by atoms with Crippen LogP contribution >= 0.6 is 23.1 Å². The highest BCUT2D eigenvalue weighted by Gasteiger charge is 2.17. The van der Waals surface area contributed by atoms with E-state index in [2.05, 4.69) is 22.4 Å². The maximum atomic E-state index is 12.1. The van der Waals surface area contributed by atoms with Gasteiger partial charge in [-0.1, -0.05) is 42.2 Å². The van der Waals surface area contributed by atoms with E-state index in [4.69, 9.17) is 4.74 Å². The van der Waals surface area contributed by atoms with Crippen molar-refractivity contribution in [2.45, 2.75) is 37.6 Å². The number of benzene rings is 1. The van der Waals surface area contributed by atoms with E-state index in [1.807, 2.05) is 31.2 Å². The van der Waals surface area contributed by atoms with Gasteiger partial charge in [0.05, 0.1) is 0 Å². The van der Waals surface area contributed by atoms with Crippen LogP contribution in [0.2, 0.25) is 0 Å². The van der Waals surface area contributed by atoms with Gasteiger partial charge in [-0.3, -0.25) is 10.1 Å². The maximum absolute atomic E-state index is 12.1. The molecular formula is C15H19N3O2S2. The zero-order chi connectivity index (χ0) is 15.9. The largest absolute Gasteiger partial charge is 0.481 e. The number of rotatable bonds is 7. The monoisotopic (exact) mass is 337 g/mol.